The third-order valence-electron chi connectivity index (χ3n) is 5.28. The molecule has 2 aromatic carbocycles. The molecule has 1 amide bonds. The maximum atomic E-state index is 13.2. The zero-order valence-corrected chi connectivity index (χ0v) is 18.2. The van der Waals surface area contributed by atoms with Crippen LogP contribution in [0.3, 0.4) is 0 Å². The molecule has 2 bridgehead atoms. The van der Waals surface area contributed by atoms with Gasteiger partial charge in [0, 0.05) is 5.41 Å². The predicted molar refractivity (Wildman–Crippen MR) is 120 cm³/mol. The van der Waals surface area contributed by atoms with Crippen LogP contribution in [0.1, 0.15) is 44.7 Å². The minimum atomic E-state index is -0.584. The van der Waals surface area contributed by atoms with Gasteiger partial charge in [0.05, 0.1) is 19.4 Å². The molecular weight excluding hydrogens is 378 g/mol. The van der Waals surface area contributed by atoms with Gasteiger partial charge in [-0.2, -0.15) is 0 Å². The van der Waals surface area contributed by atoms with E-state index in [1.54, 1.807) is 7.11 Å². The molecule has 2 aromatic rings. The standard InChI is InChI=1S/C25H31NO4/c1-5-12-25(2,3)23-24(27)26-21-10-6-7-11-22(21)30-17-19-14-18(9-8-13-29-23)15-20(16-19)28-4/h6-11,14-16,23H,5,12-13,17H2,1-4H3,(H,26,27)/b9-8-. The SMILES string of the molecule is CCCC(C)(C)C1OC/C=C\c2cc(cc(OC)c2)COc2ccccc2NC1=O. The number of methoxy groups -OCH3 is 1. The molecule has 1 N–H and O–H groups in total. The van der Waals surface area contributed by atoms with Crippen molar-refractivity contribution in [2.45, 2.75) is 46.3 Å². The Hall–Kier alpha value is -2.79. The molecule has 1 heterocycles. The van der Waals surface area contributed by atoms with Crippen LogP contribution in [0.5, 0.6) is 11.5 Å². The Morgan fingerprint density at radius 2 is 2.00 bits per heavy atom. The highest BCUT2D eigenvalue weighted by molar-refractivity contribution is 5.96. The van der Waals surface area contributed by atoms with Crippen molar-refractivity contribution in [1.29, 1.82) is 0 Å². The summed E-state index contributed by atoms with van der Waals surface area (Å²) in [6.07, 6.45) is 5.18. The highest BCUT2D eigenvalue weighted by atomic mass is 16.5. The highest BCUT2D eigenvalue weighted by Crippen LogP contribution is 2.32. The molecule has 5 nitrogen and oxygen atoms in total. The van der Waals surface area contributed by atoms with Crippen molar-refractivity contribution in [2.24, 2.45) is 5.41 Å². The second-order valence-corrected chi connectivity index (χ2v) is 8.24. The molecule has 0 radical (unpaired) electrons. The Kier molecular flexibility index (Phi) is 7.16. The summed E-state index contributed by atoms with van der Waals surface area (Å²) in [4.78, 5) is 13.2. The lowest BCUT2D eigenvalue weighted by Gasteiger charge is -2.33. The summed E-state index contributed by atoms with van der Waals surface area (Å²) in [5, 5.41) is 3.02. The number of carbonyl (C=O) groups is 1. The fourth-order valence-electron chi connectivity index (χ4n) is 3.81. The van der Waals surface area contributed by atoms with E-state index in [-0.39, 0.29) is 11.3 Å². The zero-order valence-electron chi connectivity index (χ0n) is 18.2. The van der Waals surface area contributed by atoms with E-state index < -0.39 is 6.10 Å². The van der Waals surface area contributed by atoms with Crippen LogP contribution in [0.4, 0.5) is 5.69 Å². The molecule has 0 aliphatic carbocycles. The molecule has 1 unspecified atom stereocenters. The summed E-state index contributed by atoms with van der Waals surface area (Å²) in [7, 11) is 1.65. The van der Waals surface area contributed by atoms with Crippen molar-refractivity contribution in [3.8, 4) is 11.5 Å². The van der Waals surface area contributed by atoms with Gasteiger partial charge in [-0.3, -0.25) is 4.79 Å². The van der Waals surface area contributed by atoms with Crippen LogP contribution in [0.15, 0.2) is 48.5 Å². The predicted octanol–water partition coefficient (Wildman–Crippen LogP) is 5.45. The molecule has 0 saturated heterocycles. The molecule has 1 aliphatic heterocycles. The van der Waals surface area contributed by atoms with Crippen molar-refractivity contribution >= 4 is 17.7 Å². The first-order valence-electron chi connectivity index (χ1n) is 10.4. The van der Waals surface area contributed by atoms with Gasteiger partial charge >= 0.3 is 0 Å². The van der Waals surface area contributed by atoms with Crippen molar-refractivity contribution in [3.63, 3.8) is 0 Å². The first-order chi connectivity index (χ1) is 14.4. The molecule has 160 valence electrons. The summed E-state index contributed by atoms with van der Waals surface area (Å²) >= 11 is 0. The second-order valence-electron chi connectivity index (χ2n) is 8.24. The zero-order chi connectivity index (χ0) is 21.6. The lowest BCUT2D eigenvalue weighted by molar-refractivity contribution is -0.134. The number of ether oxygens (including phenoxy) is 3. The fourth-order valence-corrected chi connectivity index (χ4v) is 3.81. The summed E-state index contributed by atoms with van der Waals surface area (Å²) in [6, 6.07) is 13.4. The van der Waals surface area contributed by atoms with Crippen LogP contribution in [-0.2, 0) is 16.1 Å². The van der Waals surface area contributed by atoms with E-state index in [0.29, 0.717) is 24.7 Å². The molecule has 0 spiro atoms. The van der Waals surface area contributed by atoms with Crippen molar-refractivity contribution in [2.75, 3.05) is 19.0 Å². The van der Waals surface area contributed by atoms with E-state index in [0.717, 1.165) is 29.7 Å². The summed E-state index contributed by atoms with van der Waals surface area (Å²) in [6.45, 7) is 6.98. The Bertz CT molecular complexity index is 904. The lowest BCUT2D eigenvalue weighted by Crippen LogP contribution is -2.42. The average molecular weight is 410 g/mol. The quantitative estimate of drug-likeness (QED) is 0.729. The summed E-state index contributed by atoms with van der Waals surface area (Å²) < 4.78 is 17.6. The number of amides is 1. The van der Waals surface area contributed by atoms with E-state index in [2.05, 4.69) is 32.2 Å². The van der Waals surface area contributed by atoms with Gasteiger partial charge in [-0.15, -0.1) is 0 Å². The molecular formula is C25H31NO4. The largest absolute Gasteiger partial charge is 0.497 e. The highest BCUT2D eigenvalue weighted by Gasteiger charge is 2.35. The molecule has 3 rings (SSSR count). The minimum absolute atomic E-state index is 0.157. The third-order valence-corrected chi connectivity index (χ3v) is 5.28. The van der Waals surface area contributed by atoms with Gasteiger partial charge in [0.25, 0.3) is 5.91 Å². The Balaban J connectivity index is 1.99. The van der Waals surface area contributed by atoms with E-state index >= 15 is 0 Å². The van der Waals surface area contributed by atoms with Gasteiger partial charge in [-0.25, -0.2) is 0 Å². The van der Waals surface area contributed by atoms with Crippen LogP contribution in [-0.4, -0.2) is 25.7 Å². The maximum absolute atomic E-state index is 13.2. The number of hydrogen-bond acceptors (Lipinski definition) is 4. The average Bonchev–Trinajstić information content (AvgIpc) is 2.72. The fraction of sp³-hybridized carbons (Fsp3) is 0.400. The van der Waals surface area contributed by atoms with Gasteiger partial charge in [0.1, 0.15) is 24.2 Å². The molecule has 1 aliphatic rings. The molecule has 0 aromatic heterocycles. The first-order valence-corrected chi connectivity index (χ1v) is 10.4. The Morgan fingerprint density at radius 3 is 2.77 bits per heavy atom. The number of hydrogen-bond donors (Lipinski definition) is 1. The minimum Gasteiger partial charge on any atom is -0.497 e. The topological polar surface area (TPSA) is 56.8 Å². The van der Waals surface area contributed by atoms with Gasteiger partial charge in [-0.1, -0.05) is 51.5 Å². The number of nitrogens with one attached hydrogen (secondary N) is 1. The van der Waals surface area contributed by atoms with Crippen molar-refractivity contribution < 1.29 is 19.0 Å². The van der Waals surface area contributed by atoms with Crippen LogP contribution in [0, 0.1) is 5.41 Å². The van der Waals surface area contributed by atoms with Gasteiger partial charge in [0.15, 0.2) is 0 Å². The Labute approximate surface area is 179 Å². The Morgan fingerprint density at radius 1 is 1.20 bits per heavy atom. The van der Waals surface area contributed by atoms with E-state index in [4.69, 9.17) is 14.2 Å². The maximum Gasteiger partial charge on any atom is 0.254 e. The van der Waals surface area contributed by atoms with Gasteiger partial charge < -0.3 is 19.5 Å². The number of benzene rings is 2. The molecule has 30 heavy (non-hydrogen) atoms. The van der Waals surface area contributed by atoms with Crippen LogP contribution in [0.25, 0.3) is 6.08 Å². The number of anilines is 1. The smallest absolute Gasteiger partial charge is 0.254 e. The van der Waals surface area contributed by atoms with Crippen LogP contribution >= 0.6 is 0 Å². The number of fused-ring (bicyclic) bond motifs is 3. The molecule has 1 atom stereocenters. The van der Waals surface area contributed by atoms with Crippen molar-refractivity contribution in [3.05, 3.63) is 59.7 Å². The summed E-state index contributed by atoms with van der Waals surface area (Å²) in [5.41, 5.74) is 2.31. The number of para-hydroxylation sites is 2. The number of rotatable bonds is 4. The van der Waals surface area contributed by atoms with Gasteiger partial charge in [0.2, 0.25) is 0 Å². The molecule has 0 fully saturated rings. The van der Waals surface area contributed by atoms with Crippen LogP contribution < -0.4 is 14.8 Å². The molecule has 0 saturated carbocycles. The second kappa shape index (κ2) is 9.81. The van der Waals surface area contributed by atoms with E-state index in [1.807, 2.05) is 48.6 Å². The number of carbonyl (C=O) groups excluding carboxylic acids is 1. The third kappa shape index (κ3) is 5.42. The van der Waals surface area contributed by atoms with E-state index in [1.165, 1.54) is 0 Å². The first kappa shape index (κ1) is 21.9. The lowest BCUT2D eigenvalue weighted by atomic mass is 9.81. The van der Waals surface area contributed by atoms with Gasteiger partial charge in [-0.05, 0) is 47.9 Å². The molecule has 5 heteroatoms. The van der Waals surface area contributed by atoms with Crippen molar-refractivity contribution in [1.82, 2.24) is 0 Å². The monoisotopic (exact) mass is 409 g/mol. The summed E-state index contributed by atoms with van der Waals surface area (Å²) in [5.74, 6) is 1.23. The normalized spacial score (nSPS) is 18.4. The van der Waals surface area contributed by atoms with E-state index in [9.17, 15) is 4.79 Å². The van der Waals surface area contributed by atoms with Crippen LogP contribution in [0.2, 0.25) is 0 Å².